The molecule has 21 heavy (non-hydrogen) atoms. The standard InChI is InChI=1S/C16H17NO4/c1-11(2)20-14-5-4-10-17-15(14)21-13-8-6-12(7-9-13)16(18)19-3/h4-11H,1-3H3. The van der Waals surface area contributed by atoms with Crippen LogP contribution in [0.5, 0.6) is 17.4 Å². The van der Waals surface area contributed by atoms with Gasteiger partial charge in [-0.05, 0) is 50.2 Å². The Labute approximate surface area is 123 Å². The molecule has 1 aromatic carbocycles. The third kappa shape index (κ3) is 3.95. The first-order valence-electron chi connectivity index (χ1n) is 6.58. The Morgan fingerprint density at radius 3 is 2.48 bits per heavy atom. The SMILES string of the molecule is COC(=O)c1ccc(Oc2ncccc2OC(C)C)cc1. The highest BCUT2D eigenvalue weighted by Gasteiger charge is 2.10. The molecule has 110 valence electrons. The molecular formula is C16H17NO4. The minimum Gasteiger partial charge on any atom is -0.485 e. The number of carbonyl (C=O) groups excluding carboxylic acids is 1. The fraction of sp³-hybridized carbons (Fsp3) is 0.250. The van der Waals surface area contributed by atoms with Gasteiger partial charge in [0.2, 0.25) is 0 Å². The van der Waals surface area contributed by atoms with Gasteiger partial charge in [-0.25, -0.2) is 9.78 Å². The first kappa shape index (κ1) is 14.8. The molecule has 0 atom stereocenters. The lowest BCUT2D eigenvalue weighted by molar-refractivity contribution is 0.0600. The van der Waals surface area contributed by atoms with Gasteiger partial charge in [0.05, 0.1) is 18.8 Å². The average Bonchev–Trinajstić information content (AvgIpc) is 2.49. The molecule has 0 amide bonds. The number of nitrogens with zero attached hydrogens (tertiary/aromatic N) is 1. The van der Waals surface area contributed by atoms with E-state index in [4.69, 9.17) is 9.47 Å². The first-order valence-corrected chi connectivity index (χ1v) is 6.58. The highest BCUT2D eigenvalue weighted by atomic mass is 16.5. The molecule has 0 aliphatic rings. The zero-order valence-corrected chi connectivity index (χ0v) is 12.2. The van der Waals surface area contributed by atoms with Gasteiger partial charge < -0.3 is 14.2 Å². The second-order valence-electron chi connectivity index (χ2n) is 4.59. The van der Waals surface area contributed by atoms with E-state index in [1.165, 1.54) is 7.11 Å². The van der Waals surface area contributed by atoms with Crippen molar-refractivity contribution in [2.75, 3.05) is 7.11 Å². The Bertz CT molecular complexity index is 608. The summed E-state index contributed by atoms with van der Waals surface area (Å²) in [5.41, 5.74) is 0.463. The molecule has 0 saturated heterocycles. The maximum atomic E-state index is 11.4. The van der Waals surface area contributed by atoms with Gasteiger partial charge in [0, 0.05) is 6.20 Å². The van der Waals surface area contributed by atoms with Crippen molar-refractivity contribution in [1.82, 2.24) is 4.98 Å². The Balaban J connectivity index is 2.16. The molecule has 0 saturated carbocycles. The van der Waals surface area contributed by atoms with Crippen molar-refractivity contribution >= 4 is 5.97 Å². The van der Waals surface area contributed by atoms with Gasteiger partial charge >= 0.3 is 5.97 Å². The molecule has 0 spiro atoms. The molecule has 0 aliphatic carbocycles. The van der Waals surface area contributed by atoms with Crippen molar-refractivity contribution < 1.29 is 19.0 Å². The summed E-state index contributed by atoms with van der Waals surface area (Å²) in [5, 5.41) is 0. The normalized spacial score (nSPS) is 10.3. The van der Waals surface area contributed by atoms with Crippen molar-refractivity contribution in [1.29, 1.82) is 0 Å². The van der Waals surface area contributed by atoms with Crippen molar-refractivity contribution in [3.63, 3.8) is 0 Å². The number of hydrogen-bond acceptors (Lipinski definition) is 5. The summed E-state index contributed by atoms with van der Waals surface area (Å²) < 4.78 is 16.0. The molecule has 2 aromatic rings. The number of carbonyl (C=O) groups is 1. The number of pyridine rings is 1. The van der Waals surface area contributed by atoms with Gasteiger partial charge in [0.1, 0.15) is 5.75 Å². The second kappa shape index (κ2) is 6.74. The third-order valence-electron chi connectivity index (χ3n) is 2.59. The lowest BCUT2D eigenvalue weighted by Gasteiger charge is -2.13. The van der Waals surface area contributed by atoms with E-state index < -0.39 is 0 Å². The largest absolute Gasteiger partial charge is 0.485 e. The van der Waals surface area contributed by atoms with Crippen LogP contribution in [-0.2, 0) is 4.74 Å². The first-order chi connectivity index (χ1) is 10.1. The minimum absolute atomic E-state index is 0.0262. The summed E-state index contributed by atoms with van der Waals surface area (Å²) in [5.74, 6) is 1.14. The van der Waals surface area contributed by atoms with Gasteiger partial charge in [-0.3, -0.25) is 0 Å². The molecular weight excluding hydrogens is 270 g/mol. The molecule has 0 bridgehead atoms. The number of rotatable bonds is 5. The molecule has 0 aliphatic heterocycles. The van der Waals surface area contributed by atoms with E-state index in [1.807, 2.05) is 13.8 Å². The molecule has 5 nitrogen and oxygen atoms in total. The van der Waals surface area contributed by atoms with Crippen LogP contribution in [0.1, 0.15) is 24.2 Å². The Morgan fingerprint density at radius 1 is 1.14 bits per heavy atom. The van der Waals surface area contributed by atoms with Crippen molar-refractivity contribution in [2.24, 2.45) is 0 Å². The zero-order valence-electron chi connectivity index (χ0n) is 12.2. The molecule has 5 heteroatoms. The summed E-state index contributed by atoms with van der Waals surface area (Å²) in [6, 6.07) is 10.2. The van der Waals surface area contributed by atoms with Gasteiger partial charge in [0.15, 0.2) is 5.75 Å². The summed E-state index contributed by atoms with van der Waals surface area (Å²) in [6.07, 6.45) is 1.66. The Morgan fingerprint density at radius 2 is 1.86 bits per heavy atom. The molecule has 0 N–H and O–H groups in total. The van der Waals surface area contributed by atoms with Crippen molar-refractivity contribution in [2.45, 2.75) is 20.0 Å². The van der Waals surface area contributed by atoms with Gasteiger partial charge in [0.25, 0.3) is 5.88 Å². The van der Waals surface area contributed by atoms with Crippen LogP contribution < -0.4 is 9.47 Å². The lowest BCUT2D eigenvalue weighted by atomic mass is 10.2. The van der Waals surface area contributed by atoms with E-state index in [0.717, 1.165) is 0 Å². The fourth-order valence-corrected chi connectivity index (χ4v) is 1.68. The van der Waals surface area contributed by atoms with Crippen LogP contribution in [0, 0.1) is 0 Å². The molecule has 0 radical (unpaired) electrons. The topological polar surface area (TPSA) is 57.7 Å². The maximum absolute atomic E-state index is 11.4. The smallest absolute Gasteiger partial charge is 0.337 e. The molecule has 0 fully saturated rings. The summed E-state index contributed by atoms with van der Waals surface area (Å²) in [6.45, 7) is 3.86. The van der Waals surface area contributed by atoms with Crippen LogP contribution >= 0.6 is 0 Å². The number of aromatic nitrogens is 1. The molecule has 1 aromatic heterocycles. The lowest BCUT2D eigenvalue weighted by Crippen LogP contribution is -2.07. The number of ether oxygens (including phenoxy) is 3. The maximum Gasteiger partial charge on any atom is 0.337 e. The van der Waals surface area contributed by atoms with E-state index in [1.54, 1.807) is 42.6 Å². The minimum atomic E-state index is -0.386. The van der Waals surface area contributed by atoms with Crippen LogP contribution in [0.25, 0.3) is 0 Å². The van der Waals surface area contributed by atoms with E-state index in [-0.39, 0.29) is 12.1 Å². The second-order valence-corrected chi connectivity index (χ2v) is 4.59. The number of esters is 1. The van der Waals surface area contributed by atoms with Gasteiger partial charge in [-0.2, -0.15) is 0 Å². The van der Waals surface area contributed by atoms with Crippen molar-refractivity contribution in [3.8, 4) is 17.4 Å². The average molecular weight is 287 g/mol. The monoisotopic (exact) mass is 287 g/mol. The highest BCUT2D eigenvalue weighted by Crippen LogP contribution is 2.29. The van der Waals surface area contributed by atoms with Crippen LogP contribution in [0.2, 0.25) is 0 Å². The predicted octanol–water partition coefficient (Wildman–Crippen LogP) is 3.45. The predicted molar refractivity (Wildman–Crippen MR) is 77.9 cm³/mol. The van der Waals surface area contributed by atoms with Crippen LogP contribution in [0.15, 0.2) is 42.6 Å². The Hall–Kier alpha value is -2.56. The number of hydrogen-bond donors (Lipinski definition) is 0. The van der Waals surface area contributed by atoms with Gasteiger partial charge in [-0.15, -0.1) is 0 Å². The molecule has 0 unspecified atom stereocenters. The quantitative estimate of drug-likeness (QED) is 0.788. The number of methoxy groups -OCH3 is 1. The van der Waals surface area contributed by atoms with E-state index in [2.05, 4.69) is 9.72 Å². The molecule has 1 heterocycles. The highest BCUT2D eigenvalue weighted by molar-refractivity contribution is 5.89. The number of benzene rings is 1. The van der Waals surface area contributed by atoms with E-state index in [0.29, 0.717) is 22.9 Å². The third-order valence-corrected chi connectivity index (χ3v) is 2.59. The zero-order chi connectivity index (χ0) is 15.2. The van der Waals surface area contributed by atoms with Crippen LogP contribution in [-0.4, -0.2) is 24.2 Å². The van der Waals surface area contributed by atoms with Crippen molar-refractivity contribution in [3.05, 3.63) is 48.2 Å². The fourth-order valence-electron chi connectivity index (χ4n) is 1.68. The van der Waals surface area contributed by atoms with Gasteiger partial charge in [-0.1, -0.05) is 0 Å². The van der Waals surface area contributed by atoms with Crippen LogP contribution in [0.4, 0.5) is 0 Å². The summed E-state index contributed by atoms with van der Waals surface area (Å²) >= 11 is 0. The van der Waals surface area contributed by atoms with Crippen LogP contribution in [0.3, 0.4) is 0 Å². The van der Waals surface area contributed by atoms with E-state index in [9.17, 15) is 4.79 Å². The molecule has 2 rings (SSSR count). The Kier molecular flexibility index (Phi) is 4.77. The van der Waals surface area contributed by atoms with E-state index >= 15 is 0 Å². The summed E-state index contributed by atoms with van der Waals surface area (Å²) in [4.78, 5) is 15.5. The summed E-state index contributed by atoms with van der Waals surface area (Å²) in [7, 11) is 1.34.